The van der Waals surface area contributed by atoms with Gasteiger partial charge in [-0.1, -0.05) is 6.07 Å². The molecule has 1 atom stereocenters. The van der Waals surface area contributed by atoms with Gasteiger partial charge in [-0.3, -0.25) is 5.32 Å². The average Bonchev–Trinajstić information content (AvgIpc) is 3.12. The van der Waals surface area contributed by atoms with Crippen LogP contribution >= 0.6 is 0 Å². The Labute approximate surface area is 142 Å². The van der Waals surface area contributed by atoms with E-state index in [1.54, 1.807) is 4.90 Å². The summed E-state index contributed by atoms with van der Waals surface area (Å²) in [6, 6.07) is 7.83. The molecule has 2 amide bonds. The molecule has 1 aromatic carbocycles. The van der Waals surface area contributed by atoms with Crippen LogP contribution in [-0.2, 0) is 0 Å². The van der Waals surface area contributed by atoms with Crippen LogP contribution in [0.4, 0.5) is 10.6 Å². The summed E-state index contributed by atoms with van der Waals surface area (Å²) in [5.41, 5.74) is 4.29. The van der Waals surface area contributed by atoms with Crippen molar-refractivity contribution in [2.45, 2.75) is 39.7 Å². The standard InChI is InChI=1S/C18H24N4O2/c1-12-7-13(2)9-16(8-12)22-14(3)10-17(20-22)19-18(24)21-6-4-5-15(21)11-23/h7-10,15,23H,4-6,11H2,1-3H3,(H,19,20,24)/t15-/m0/s1. The van der Waals surface area contributed by atoms with Crippen LogP contribution < -0.4 is 5.32 Å². The first kappa shape index (κ1) is 16.5. The van der Waals surface area contributed by atoms with Crippen LogP contribution in [0.25, 0.3) is 5.69 Å². The number of benzene rings is 1. The van der Waals surface area contributed by atoms with Crippen LogP contribution in [0.15, 0.2) is 24.3 Å². The van der Waals surface area contributed by atoms with E-state index in [-0.39, 0.29) is 18.7 Å². The highest BCUT2D eigenvalue weighted by molar-refractivity contribution is 5.88. The predicted molar refractivity (Wildman–Crippen MR) is 93.6 cm³/mol. The number of hydrogen-bond acceptors (Lipinski definition) is 3. The second-order valence-electron chi connectivity index (χ2n) is 6.53. The number of hydrogen-bond donors (Lipinski definition) is 2. The van der Waals surface area contributed by atoms with Crippen LogP contribution in [0, 0.1) is 20.8 Å². The topological polar surface area (TPSA) is 70.4 Å². The second-order valence-corrected chi connectivity index (χ2v) is 6.53. The maximum atomic E-state index is 12.4. The fraction of sp³-hybridized carbons (Fsp3) is 0.444. The minimum Gasteiger partial charge on any atom is -0.394 e. The second kappa shape index (κ2) is 6.65. The van der Waals surface area contributed by atoms with E-state index in [1.165, 1.54) is 11.1 Å². The zero-order valence-electron chi connectivity index (χ0n) is 14.4. The number of likely N-dealkylation sites (tertiary alicyclic amines) is 1. The van der Waals surface area contributed by atoms with Gasteiger partial charge in [-0.15, -0.1) is 5.10 Å². The Hall–Kier alpha value is -2.34. The monoisotopic (exact) mass is 328 g/mol. The molecule has 0 saturated carbocycles. The maximum Gasteiger partial charge on any atom is 0.323 e. The number of aryl methyl sites for hydroxylation is 3. The Balaban J connectivity index is 1.80. The summed E-state index contributed by atoms with van der Waals surface area (Å²) in [5.74, 6) is 0.528. The van der Waals surface area contributed by atoms with E-state index < -0.39 is 0 Å². The van der Waals surface area contributed by atoms with Gasteiger partial charge in [-0.05, 0) is 56.9 Å². The van der Waals surface area contributed by atoms with Gasteiger partial charge in [0.15, 0.2) is 5.82 Å². The van der Waals surface area contributed by atoms with Crippen LogP contribution in [-0.4, -0.2) is 45.0 Å². The maximum absolute atomic E-state index is 12.4. The largest absolute Gasteiger partial charge is 0.394 e. The highest BCUT2D eigenvalue weighted by Gasteiger charge is 2.28. The minimum absolute atomic E-state index is 0.00343. The first-order valence-corrected chi connectivity index (χ1v) is 8.32. The van der Waals surface area contributed by atoms with E-state index >= 15 is 0 Å². The molecule has 2 heterocycles. The van der Waals surface area contributed by atoms with Crippen molar-refractivity contribution in [1.82, 2.24) is 14.7 Å². The SMILES string of the molecule is Cc1cc(C)cc(-n2nc(NC(=O)N3CCC[C@H]3CO)cc2C)c1. The number of nitrogens with one attached hydrogen (secondary N) is 1. The molecule has 0 radical (unpaired) electrons. The highest BCUT2D eigenvalue weighted by Crippen LogP contribution is 2.20. The Morgan fingerprint density at radius 3 is 2.62 bits per heavy atom. The summed E-state index contributed by atoms with van der Waals surface area (Å²) >= 11 is 0. The van der Waals surface area contributed by atoms with Crippen LogP contribution in [0.2, 0.25) is 0 Å². The third-order valence-electron chi connectivity index (χ3n) is 4.42. The third kappa shape index (κ3) is 3.28. The molecule has 6 nitrogen and oxygen atoms in total. The van der Waals surface area contributed by atoms with Crippen molar-refractivity contribution in [1.29, 1.82) is 0 Å². The van der Waals surface area contributed by atoms with Crippen molar-refractivity contribution in [3.05, 3.63) is 41.1 Å². The van der Waals surface area contributed by atoms with Crippen molar-refractivity contribution in [3.63, 3.8) is 0 Å². The molecule has 3 rings (SSSR count). The Morgan fingerprint density at radius 1 is 1.25 bits per heavy atom. The number of amides is 2. The lowest BCUT2D eigenvalue weighted by Crippen LogP contribution is -2.40. The average molecular weight is 328 g/mol. The number of nitrogens with zero attached hydrogens (tertiary/aromatic N) is 3. The third-order valence-corrected chi connectivity index (χ3v) is 4.42. The highest BCUT2D eigenvalue weighted by atomic mass is 16.3. The van der Waals surface area contributed by atoms with E-state index in [0.29, 0.717) is 12.4 Å². The number of anilines is 1. The van der Waals surface area contributed by atoms with Crippen molar-refractivity contribution >= 4 is 11.8 Å². The first-order valence-electron chi connectivity index (χ1n) is 8.32. The molecule has 2 aromatic rings. The lowest BCUT2D eigenvalue weighted by atomic mass is 10.1. The molecule has 0 spiro atoms. The van der Waals surface area contributed by atoms with Gasteiger partial charge in [0.25, 0.3) is 0 Å². The normalized spacial score (nSPS) is 17.3. The summed E-state index contributed by atoms with van der Waals surface area (Å²) in [6.45, 7) is 6.75. The van der Waals surface area contributed by atoms with Crippen LogP contribution in [0.5, 0.6) is 0 Å². The van der Waals surface area contributed by atoms with E-state index in [9.17, 15) is 9.90 Å². The number of urea groups is 1. The molecule has 0 aliphatic carbocycles. The number of carbonyl (C=O) groups excluding carboxylic acids is 1. The molecule has 2 N–H and O–H groups in total. The van der Waals surface area contributed by atoms with E-state index in [1.807, 2.05) is 17.7 Å². The first-order chi connectivity index (χ1) is 11.5. The fourth-order valence-corrected chi connectivity index (χ4v) is 3.34. The van der Waals surface area contributed by atoms with E-state index in [2.05, 4.69) is 42.5 Å². The molecule has 6 heteroatoms. The Bertz CT molecular complexity index is 733. The van der Waals surface area contributed by atoms with Crippen molar-refractivity contribution in [3.8, 4) is 5.69 Å². The van der Waals surface area contributed by atoms with Crippen molar-refractivity contribution < 1.29 is 9.90 Å². The molecular weight excluding hydrogens is 304 g/mol. The van der Waals surface area contributed by atoms with Gasteiger partial charge in [-0.25, -0.2) is 9.48 Å². The van der Waals surface area contributed by atoms with Gasteiger partial charge in [0.05, 0.1) is 18.3 Å². The summed E-state index contributed by atoms with van der Waals surface area (Å²) in [6.07, 6.45) is 1.77. The lowest BCUT2D eigenvalue weighted by molar-refractivity contribution is 0.166. The van der Waals surface area contributed by atoms with Crippen LogP contribution in [0.1, 0.15) is 29.7 Å². The fourth-order valence-electron chi connectivity index (χ4n) is 3.34. The zero-order chi connectivity index (χ0) is 17.3. The summed E-state index contributed by atoms with van der Waals surface area (Å²) in [7, 11) is 0. The van der Waals surface area contributed by atoms with Crippen LogP contribution in [0.3, 0.4) is 0 Å². The van der Waals surface area contributed by atoms with Gasteiger partial charge >= 0.3 is 6.03 Å². The Kier molecular flexibility index (Phi) is 4.57. The molecule has 0 unspecified atom stereocenters. The van der Waals surface area contributed by atoms with Gasteiger partial charge in [-0.2, -0.15) is 0 Å². The lowest BCUT2D eigenvalue weighted by Gasteiger charge is -2.22. The zero-order valence-corrected chi connectivity index (χ0v) is 14.4. The number of carbonyl (C=O) groups is 1. The quantitative estimate of drug-likeness (QED) is 0.910. The van der Waals surface area contributed by atoms with Gasteiger partial charge in [0.2, 0.25) is 0 Å². The minimum atomic E-state index is -0.198. The number of rotatable bonds is 3. The smallest absolute Gasteiger partial charge is 0.323 e. The van der Waals surface area contributed by atoms with Gasteiger partial charge in [0.1, 0.15) is 0 Å². The molecule has 1 aliphatic heterocycles. The van der Waals surface area contributed by atoms with Crippen molar-refractivity contribution in [2.24, 2.45) is 0 Å². The summed E-state index contributed by atoms with van der Waals surface area (Å²) in [4.78, 5) is 14.1. The molecular formula is C18H24N4O2. The predicted octanol–water partition coefficient (Wildman–Crippen LogP) is 2.79. The molecule has 1 saturated heterocycles. The molecule has 1 fully saturated rings. The van der Waals surface area contributed by atoms with Gasteiger partial charge < -0.3 is 10.0 Å². The number of aliphatic hydroxyl groups excluding tert-OH is 1. The van der Waals surface area contributed by atoms with E-state index in [0.717, 1.165) is 24.2 Å². The molecule has 0 bridgehead atoms. The number of aliphatic hydroxyl groups is 1. The Morgan fingerprint density at radius 2 is 1.96 bits per heavy atom. The molecule has 1 aliphatic rings. The molecule has 128 valence electrons. The number of aromatic nitrogens is 2. The van der Waals surface area contributed by atoms with Gasteiger partial charge in [0, 0.05) is 18.3 Å². The van der Waals surface area contributed by atoms with Crippen molar-refractivity contribution in [2.75, 3.05) is 18.5 Å². The summed E-state index contributed by atoms with van der Waals surface area (Å²) < 4.78 is 1.84. The summed E-state index contributed by atoms with van der Waals surface area (Å²) in [5, 5.41) is 16.7. The van der Waals surface area contributed by atoms with E-state index in [4.69, 9.17) is 0 Å². The molecule has 24 heavy (non-hydrogen) atoms. The molecule has 1 aromatic heterocycles.